The zero-order valence-electron chi connectivity index (χ0n) is 17.6. The first-order valence-electron chi connectivity index (χ1n) is 9.23. The zero-order chi connectivity index (χ0) is 21.8. The number of H-pyrrole nitrogens is 1. The van der Waals surface area contributed by atoms with E-state index in [1.54, 1.807) is 43.4 Å². The lowest BCUT2D eigenvalue weighted by Crippen LogP contribution is -2.46. The van der Waals surface area contributed by atoms with Gasteiger partial charge in [0.15, 0.2) is 0 Å². The minimum absolute atomic E-state index is 0.181. The SMILES string of the molecule is C=O.CC(=N)/C=C\c1ncc(-c2cc(N3CC(C)CC(N)C3)ncn2)[nH]1.CSC. The number of imidazole rings is 1. The molecule has 1 fully saturated rings. The van der Waals surface area contributed by atoms with Gasteiger partial charge in [-0.05, 0) is 43.9 Å². The fourth-order valence-corrected chi connectivity index (χ4v) is 3.01. The fourth-order valence-electron chi connectivity index (χ4n) is 3.01. The van der Waals surface area contributed by atoms with Gasteiger partial charge in [-0.3, -0.25) is 0 Å². The van der Waals surface area contributed by atoms with E-state index in [1.807, 2.05) is 25.4 Å². The summed E-state index contributed by atoms with van der Waals surface area (Å²) in [5.41, 5.74) is 8.24. The number of thioether (sulfide) groups is 1. The molecule has 158 valence electrons. The summed E-state index contributed by atoms with van der Waals surface area (Å²) in [5.74, 6) is 2.15. The molecule has 2 atom stereocenters. The third-order valence-electron chi connectivity index (χ3n) is 4.03. The normalized spacial score (nSPS) is 18.4. The molecule has 29 heavy (non-hydrogen) atoms. The maximum atomic E-state index is 8.00. The Balaban J connectivity index is 0.000000771. The highest BCUT2D eigenvalue weighted by atomic mass is 32.2. The van der Waals surface area contributed by atoms with Crippen LogP contribution >= 0.6 is 11.8 Å². The van der Waals surface area contributed by atoms with Gasteiger partial charge in [0.05, 0.1) is 17.6 Å². The summed E-state index contributed by atoms with van der Waals surface area (Å²) in [6.45, 7) is 7.71. The number of aromatic amines is 1. The Morgan fingerprint density at radius 2 is 2.03 bits per heavy atom. The maximum absolute atomic E-state index is 8.00. The van der Waals surface area contributed by atoms with Gasteiger partial charge in [-0.15, -0.1) is 0 Å². The van der Waals surface area contributed by atoms with Crippen molar-refractivity contribution in [1.82, 2.24) is 19.9 Å². The largest absolute Gasteiger partial charge is 0.355 e. The number of carbonyl (C=O) groups is 1. The number of carbonyl (C=O) groups excluding carboxylic acids is 1. The molecule has 0 aromatic carbocycles. The highest BCUT2D eigenvalue weighted by Crippen LogP contribution is 2.24. The molecule has 3 rings (SSSR count). The second kappa shape index (κ2) is 12.8. The number of piperidine rings is 1. The summed E-state index contributed by atoms with van der Waals surface area (Å²) >= 11 is 1.75. The third kappa shape index (κ3) is 8.16. The lowest BCUT2D eigenvalue weighted by atomic mass is 9.96. The van der Waals surface area contributed by atoms with Gasteiger partial charge >= 0.3 is 0 Å². The van der Waals surface area contributed by atoms with Crippen molar-refractivity contribution in [2.24, 2.45) is 11.7 Å². The van der Waals surface area contributed by atoms with E-state index < -0.39 is 0 Å². The Kier molecular flexibility index (Phi) is 10.9. The number of allylic oxidation sites excluding steroid dienone is 1. The molecule has 0 radical (unpaired) electrons. The van der Waals surface area contributed by atoms with Crippen LogP contribution in [0.4, 0.5) is 5.82 Å². The van der Waals surface area contributed by atoms with E-state index in [0.29, 0.717) is 17.5 Å². The first kappa shape index (κ1) is 24.5. The van der Waals surface area contributed by atoms with Crippen LogP contribution < -0.4 is 10.6 Å². The number of hydrogen-bond donors (Lipinski definition) is 3. The molecule has 3 heterocycles. The highest BCUT2D eigenvalue weighted by Gasteiger charge is 2.23. The fraction of sp³-hybridized carbons (Fsp3) is 0.450. The molecule has 4 N–H and O–H groups in total. The van der Waals surface area contributed by atoms with Crippen molar-refractivity contribution >= 4 is 36.2 Å². The predicted octanol–water partition coefficient (Wildman–Crippen LogP) is 2.89. The van der Waals surface area contributed by atoms with E-state index in [9.17, 15) is 0 Å². The van der Waals surface area contributed by atoms with Crippen LogP contribution in [0.25, 0.3) is 17.5 Å². The van der Waals surface area contributed by atoms with Gasteiger partial charge in [-0.2, -0.15) is 11.8 Å². The molecule has 0 aliphatic carbocycles. The highest BCUT2D eigenvalue weighted by molar-refractivity contribution is 7.97. The quantitative estimate of drug-likeness (QED) is 0.653. The average molecular weight is 418 g/mol. The Morgan fingerprint density at radius 3 is 2.66 bits per heavy atom. The van der Waals surface area contributed by atoms with E-state index >= 15 is 0 Å². The van der Waals surface area contributed by atoms with E-state index in [1.165, 1.54) is 0 Å². The second-order valence-electron chi connectivity index (χ2n) is 6.87. The van der Waals surface area contributed by atoms with Crippen LogP contribution in [0.2, 0.25) is 0 Å². The molecule has 2 aromatic rings. The topological polar surface area (TPSA) is 125 Å². The van der Waals surface area contributed by atoms with Crippen molar-refractivity contribution in [3.8, 4) is 11.4 Å². The smallest absolute Gasteiger partial charge is 0.132 e. The summed E-state index contributed by atoms with van der Waals surface area (Å²) in [6.07, 6.45) is 11.9. The molecule has 2 aromatic heterocycles. The molecule has 1 saturated heterocycles. The van der Waals surface area contributed by atoms with Gasteiger partial charge in [-0.1, -0.05) is 6.92 Å². The molecule has 1 aliphatic rings. The number of hydrogen-bond acceptors (Lipinski definition) is 8. The van der Waals surface area contributed by atoms with E-state index in [4.69, 9.17) is 15.9 Å². The van der Waals surface area contributed by atoms with Crippen molar-refractivity contribution in [3.05, 3.63) is 30.5 Å². The summed E-state index contributed by atoms with van der Waals surface area (Å²) in [6, 6.07) is 2.15. The van der Waals surface area contributed by atoms with Crippen molar-refractivity contribution in [1.29, 1.82) is 5.41 Å². The molecular weight excluding hydrogens is 386 g/mol. The monoisotopic (exact) mass is 417 g/mol. The standard InChI is InChI=1S/C17H23N7.C2H6S.CH2O/c1-11-5-13(19)9-24(8-11)17-6-14(21-10-22-17)15-7-20-16(23-15)4-3-12(2)18;1-3-2;1-2/h3-4,6-7,10-11,13,18H,5,8-9,19H2,1-2H3,(H,20,23);1-2H3;1H2/b4-3-,18-12?;;. The molecule has 0 amide bonds. The van der Waals surface area contributed by atoms with Crippen molar-refractivity contribution < 1.29 is 4.79 Å². The minimum Gasteiger partial charge on any atom is -0.355 e. The molecule has 0 spiro atoms. The van der Waals surface area contributed by atoms with Gasteiger partial charge in [-0.25, -0.2) is 15.0 Å². The summed E-state index contributed by atoms with van der Waals surface area (Å²) in [5, 5.41) is 7.42. The number of nitrogens with zero attached hydrogens (tertiary/aromatic N) is 4. The number of nitrogens with two attached hydrogens (primary N) is 1. The first-order chi connectivity index (χ1) is 13.9. The van der Waals surface area contributed by atoms with Crippen LogP contribution in [-0.2, 0) is 4.79 Å². The van der Waals surface area contributed by atoms with Gasteiger partial charge < -0.3 is 25.8 Å². The van der Waals surface area contributed by atoms with E-state index in [-0.39, 0.29) is 6.04 Å². The van der Waals surface area contributed by atoms with Crippen LogP contribution in [0.1, 0.15) is 26.1 Å². The van der Waals surface area contributed by atoms with Crippen molar-refractivity contribution in [2.45, 2.75) is 26.3 Å². The summed E-state index contributed by atoms with van der Waals surface area (Å²) < 4.78 is 0. The van der Waals surface area contributed by atoms with Crippen LogP contribution in [0.15, 0.2) is 24.7 Å². The predicted molar refractivity (Wildman–Crippen MR) is 123 cm³/mol. The molecule has 2 unspecified atom stereocenters. The molecule has 1 aliphatic heterocycles. The maximum Gasteiger partial charge on any atom is 0.132 e. The lowest BCUT2D eigenvalue weighted by Gasteiger charge is -2.35. The zero-order valence-corrected chi connectivity index (χ0v) is 18.4. The van der Waals surface area contributed by atoms with Crippen LogP contribution in [-0.4, -0.2) is 64.1 Å². The summed E-state index contributed by atoms with van der Waals surface area (Å²) in [4.78, 5) is 26.5. The average Bonchev–Trinajstić information content (AvgIpc) is 3.17. The van der Waals surface area contributed by atoms with E-state index in [0.717, 1.165) is 36.7 Å². The van der Waals surface area contributed by atoms with Crippen molar-refractivity contribution in [3.63, 3.8) is 0 Å². The van der Waals surface area contributed by atoms with Gasteiger partial charge in [0.25, 0.3) is 0 Å². The number of nitrogens with one attached hydrogen (secondary N) is 2. The molecule has 0 saturated carbocycles. The molecule has 8 nitrogen and oxygen atoms in total. The number of anilines is 1. The van der Waals surface area contributed by atoms with Gasteiger partial charge in [0, 0.05) is 30.9 Å². The Morgan fingerprint density at radius 1 is 1.34 bits per heavy atom. The minimum atomic E-state index is 0.181. The Bertz CT molecular complexity index is 783. The molecule has 0 bridgehead atoms. The number of rotatable bonds is 4. The Labute approximate surface area is 176 Å². The lowest BCUT2D eigenvalue weighted by molar-refractivity contribution is -0.0979. The first-order valence-corrected chi connectivity index (χ1v) is 10.9. The number of aromatic nitrogens is 4. The third-order valence-corrected chi connectivity index (χ3v) is 4.03. The Hall–Kier alpha value is -2.52. The molecular formula is C20H31N7OS. The van der Waals surface area contributed by atoms with E-state index in [2.05, 4.69) is 31.8 Å². The van der Waals surface area contributed by atoms with Gasteiger partial charge in [0.1, 0.15) is 24.8 Å². The van der Waals surface area contributed by atoms with Crippen LogP contribution in [0.5, 0.6) is 0 Å². The van der Waals surface area contributed by atoms with Crippen LogP contribution in [0.3, 0.4) is 0 Å². The van der Waals surface area contributed by atoms with Gasteiger partial charge in [0.2, 0.25) is 0 Å². The second-order valence-corrected chi connectivity index (χ2v) is 7.69. The summed E-state index contributed by atoms with van der Waals surface area (Å²) in [7, 11) is 0. The van der Waals surface area contributed by atoms with Crippen molar-refractivity contribution in [2.75, 3.05) is 30.5 Å². The van der Waals surface area contributed by atoms with Crippen LogP contribution in [0, 0.1) is 11.3 Å². The molecule has 9 heteroatoms.